The van der Waals surface area contributed by atoms with Crippen molar-refractivity contribution in [1.82, 2.24) is 4.90 Å². The van der Waals surface area contributed by atoms with Gasteiger partial charge in [0.05, 0.1) is 18.8 Å². The maximum absolute atomic E-state index is 12.6. The van der Waals surface area contributed by atoms with Crippen molar-refractivity contribution in [3.63, 3.8) is 0 Å². The van der Waals surface area contributed by atoms with Crippen molar-refractivity contribution >= 4 is 5.91 Å². The Kier molecular flexibility index (Phi) is 4.12. The minimum Gasteiger partial charge on any atom is -0.507 e. The fraction of sp³-hybridized carbons (Fsp3) is 0.562. The molecule has 0 aromatic heterocycles. The number of aryl methyl sites for hydroxylation is 1. The van der Waals surface area contributed by atoms with Gasteiger partial charge in [-0.25, -0.2) is 0 Å². The van der Waals surface area contributed by atoms with Gasteiger partial charge in [-0.2, -0.15) is 0 Å². The van der Waals surface area contributed by atoms with Crippen LogP contribution in [0.4, 0.5) is 0 Å². The van der Waals surface area contributed by atoms with E-state index in [1.165, 1.54) is 0 Å². The van der Waals surface area contributed by atoms with Crippen molar-refractivity contribution in [2.75, 3.05) is 26.3 Å². The van der Waals surface area contributed by atoms with Crippen LogP contribution in [-0.4, -0.2) is 48.5 Å². The highest BCUT2D eigenvalue weighted by Crippen LogP contribution is 2.27. The van der Waals surface area contributed by atoms with Crippen molar-refractivity contribution in [1.29, 1.82) is 0 Å². The fourth-order valence-corrected chi connectivity index (χ4v) is 3.06. The van der Waals surface area contributed by atoms with Crippen molar-refractivity contribution in [2.45, 2.75) is 26.1 Å². The molecule has 5 nitrogen and oxygen atoms in total. The summed E-state index contributed by atoms with van der Waals surface area (Å²) in [5.41, 5.74) is 1.31. The highest BCUT2D eigenvalue weighted by Gasteiger charge is 2.33. The average Bonchev–Trinajstić information content (AvgIpc) is 3.01. The molecule has 0 bridgehead atoms. The summed E-state index contributed by atoms with van der Waals surface area (Å²) in [5.74, 6) is 0.156. The number of aromatic hydroxyl groups is 1. The summed E-state index contributed by atoms with van der Waals surface area (Å²) in [5, 5.41) is 9.97. The first-order chi connectivity index (χ1) is 10.1. The molecule has 2 fully saturated rings. The minimum atomic E-state index is -0.188. The maximum Gasteiger partial charge on any atom is 0.257 e. The Morgan fingerprint density at radius 1 is 1.33 bits per heavy atom. The Balaban J connectivity index is 1.71. The number of nitrogens with zero attached hydrogens (tertiary/aromatic N) is 1. The van der Waals surface area contributed by atoms with Gasteiger partial charge in [0.25, 0.3) is 5.91 Å². The van der Waals surface area contributed by atoms with Gasteiger partial charge in [0, 0.05) is 19.0 Å². The zero-order valence-electron chi connectivity index (χ0n) is 12.2. The molecular formula is C16H21NO4. The van der Waals surface area contributed by atoms with Gasteiger partial charge in [0.1, 0.15) is 5.75 Å². The van der Waals surface area contributed by atoms with E-state index in [4.69, 9.17) is 9.47 Å². The maximum atomic E-state index is 12.6. The summed E-state index contributed by atoms with van der Waals surface area (Å²) < 4.78 is 11.1. The van der Waals surface area contributed by atoms with Gasteiger partial charge in [-0.3, -0.25) is 4.79 Å². The molecule has 3 rings (SSSR count). The number of phenolic OH excluding ortho intramolecular Hbond substituents is 1. The molecule has 21 heavy (non-hydrogen) atoms. The van der Waals surface area contributed by atoms with Gasteiger partial charge < -0.3 is 19.5 Å². The second kappa shape index (κ2) is 6.03. The molecule has 5 heteroatoms. The number of phenols is 1. The summed E-state index contributed by atoms with van der Waals surface area (Å²) in [4.78, 5) is 14.4. The van der Waals surface area contributed by atoms with Crippen LogP contribution in [0.5, 0.6) is 5.75 Å². The van der Waals surface area contributed by atoms with E-state index in [1.54, 1.807) is 17.0 Å². The van der Waals surface area contributed by atoms with E-state index in [9.17, 15) is 9.90 Å². The number of benzene rings is 1. The molecule has 1 unspecified atom stereocenters. The lowest BCUT2D eigenvalue weighted by Gasteiger charge is -2.34. The van der Waals surface area contributed by atoms with Gasteiger partial charge in [0.2, 0.25) is 0 Å². The number of hydrogen-bond acceptors (Lipinski definition) is 4. The molecule has 0 spiro atoms. The van der Waals surface area contributed by atoms with E-state index in [2.05, 4.69) is 0 Å². The molecule has 0 radical (unpaired) electrons. The lowest BCUT2D eigenvalue weighted by atomic mass is 9.96. The molecule has 1 N–H and O–H groups in total. The molecule has 0 saturated carbocycles. The van der Waals surface area contributed by atoms with Crippen LogP contribution in [0.1, 0.15) is 28.8 Å². The van der Waals surface area contributed by atoms with Crippen LogP contribution < -0.4 is 0 Å². The zero-order chi connectivity index (χ0) is 14.8. The number of ether oxygens (including phenoxy) is 2. The molecule has 2 heterocycles. The Hall–Kier alpha value is -1.59. The summed E-state index contributed by atoms with van der Waals surface area (Å²) in [7, 11) is 0. The van der Waals surface area contributed by atoms with Crippen LogP contribution >= 0.6 is 0 Å². The normalized spacial score (nSPS) is 23.5. The summed E-state index contributed by atoms with van der Waals surface area (Å²) in [6.07, 6.45) is 1.76. The molecule has 1 amide bonds. The average molecular weight is 291 g/mol. The van der Waals surface area contributed by atoms with Gasteiger partial charge >= 0.3 is 0 Å². The first-order valence-corrected chi connectivity index (χ1v) is 7.47. The third kappa shape index (κ3) is 3.04. The van der Waals surface area contributed by atoms with Gasteiger partial charge in [0.15, 0.2) is 6.29 Å². The van der Waals surface area contributed by atoms with E-state index in [0.717, 1.165) is 24.9 Å². The molecule has 2 aliphatic heterocycles. The number of rotatable bonds is 2. The SMILES string of the molecule is Cc1ccc(C(=O)N2CCCC(C3OCCO3)C2)c(O)c1. The fourth-order valence-electron chi connectivity index (χ4n) is 3.06. The summed E-state index contributed by atoms with van der Waals surface area (Å²) >= 11 is 0. The lowest BCUT2D eigenvalue weighted by Crippen LogP contribution is -2.43. The van der Waals surface area contributed by atoms with Gasteiger partial charge in [-0.05, 0) is 37.5 Å². The highest BCUT2D eigenvalue weighted by molar-refractivity contribution is 5.97. The quantitative estimate of drug-likeness (QED) is 0.904. The predicted molar refractivity (Wildman–Crippen MR) is 77.2 cm³/mol. The summed E-state index contributed by atoms with van der Waals surface area (Å²) in [6.45, 7) is 4.49. The Morgan fingerprint density at radius 2 is 2.10 bits per heavy atom. The predicted octanol–water partition coefficient (Wildman–Crippen LogP) is 1.93. The molecule has 2 aliphatic rings. The summed E-state index contributed by atoms with van der Waals surface area (Å²) in [6, 6.07) is 5.16. The van der Waals surface area contributed by atoms with Crippen LogP contribution in [0.3, 0.4) is 0 Å². The van der Waals surface area contributed by atoms with E-state index in [1.807, 2.05) is 13.0 Å². The molecule has 114 valence electrons. The molecule has 1 aromatic carbocycles. The molecule has 1 aromatic rings. The number of carbonyl (C=O) groups is 1. The van der Waals surface area contributed by atoms with Crippen molar-refractivity contribution in [3.05, 3.63) is 29.3 Å². The monoisotopic (exact) mass is 291 g/mol. The van der Waals surface area contributed by atoms with Crippen LogP contribution in [0.2, 0.25) is 0 Å². The molecular weight excluding hydrogens is 270 g/mol. The van der Waals surface area contributed by atoms with Crippen LogP contribution in [-0.2, 0) is 9.47 Å². The standard InChI is InChI=1S/C16H21NO4/c1-11-4-5-13(14(18)9-11)15(19)17-6-2-3-12(10-17)16-20-7-8-21-16/h4-5,9,12,16,18H,2-3,6-8,10H2,1H3. The third-order valence-corrected chi connectivity index (χ3v) is 4.16. The number of amides is 1. The Bertz CT molecular complexity index is 525. The van der Waals surface area contributed by atoms with E-state index in [-0.39, 0.29) is 23.9 Å². The van der Waals surface area contributed by atoms with Crippen molar-refractivity contribution < 1.29 is 19.4 Å². The lowest BCUT2D eigenvalue weighted by molar-refractivity contribution is -0.0969. The van der Waals surface area contributed by atoms with Gasteiger partial charge in [-0.15, -0.1) is 0 Å². The Morgan fingerprint density at radius 3 is 2.81 bits per heavy atom. The van der Waals surface area contributed by atoms with Gasteiger partial charge in [-0.1, -0.05) is 6.07 Å². The van der Waals surface area contributed by atoms with E-state index < -0.39 is 0 Å². The zero-order valence-corrected chi connectivity index (χ0v) is 12.2. The smallest absolute Gasteiger partial charge is 0.257 e. The third-order valence-electron chi connectivity index (χ3n) is 4.16. The first-order valence-electron chi connectivity index (χ1n) is 7.47. The first kappa shape index (κ1) is 14.4. The topological polar surface area (TPSA) is 59.0 Å². The number of piperidine rings is 1. The van der Waals surface area contributed by atoms with E-state index in [0.29, 0.717) is 25.3 Å². The van der Waals surface area contributed by atoms with Crippen molar-refractivity contribution in [3.8, 4) is 5.75 Å². The number of hydrogen-bond donors (Lipinski definition) is 1. The second-order valence-electron chi connectivity index (χ2n) is 5.78. The molecule has 0 aliphatic carbocycles. The second-order valence-corrected chi connectivity index (χ2v) is 5.78. The number of carbonyl (C=O) groups excluding carboxylic acids is 1. The molecule has 2 saturated heterocycles. The molecule has 1 atom stereocenters. The number of likely N-dealkylation sites (tertiary alicyclic amines) is 1. The van der Waals surface area contributed by atoms with Crippen LogP contribution in [0.15, 0.2) is 18.2 Å². The largest absolute Gasteiger partial charge is 0.507 e. The highest BCUT2D eigenvalue weighted by atomic mass is 16.7. The minimum absolute atomic E-state index is 0.0514. The van der Waals surface area contributed by atoms with Crippen molar-refractivity contribution in [2.24, 2.45) is 5.92 Å². The Labute approximate surface area is 124 Å². The van der Waals surface area contributed by atoms with Crippen LogP contribution in [0, 0.1) is 12.8 Å². The van der Waals surface area contributed by atoms with Crippen LogP contribution in [0.25, 0.3) is 0 Å². The van der Waals surface area contributed by atoms with E-state index >= 15 is 0 Å².